The minimum absolute atomic E-state index is 0.378. The molecule has 0 aliphatic heterocycles. The number of oxazole rings is 1. The van der Waals surface area contributed by atoms with Gasteiger partial charge in [0.15, 0.2) is 11.7 Å². The monoisotopic (exact) mass is 236 g/mol. The summed E-state index contributed by atoms with van der Waals surface area (Å²) in [5.74, 6) is 2.13. The van der Waals surface area contributed by atoms with E-state index in [-0.39, 0.29) is 0 Å². The van der Waals surface area contributed by atoms with Gasteiger partial charge in [0.05, 0.1) is 12.2 Å². The normalized spacial score (nSPS) is 11.4. The highest BCUT2D eigenvalue weighted by atomic mass is 16.5. The molecule has 0 aliphatic rings. The Morgan fingerprint density at radius 3 is 2.59 bits per heavy atom. The quantitative estimate of drug-likeness (QED) is 0.872. The van der Waals surface area contributed by atoms with Gasteiger partial charge in [-0.3, -0.25) is 0 Å². The molecule has 6 nitrogen and oxygen atoms in total. The van der Waals surface area contributed by atoms with Gasteiger partial charge in [-0.1, -0.05) is 19.0 Å². The number of nitrogens with one attached hydrogen (secondary N) is 1. The molecule has 17 heavy (non-hydrogen) atoms. The van der Waals surface area contributed by atoms with Gasteiger partial charge in [0.2, 0.25) is 5.76 Å². The molecule has 2 aromatic rings. The van der Waals surface area contributed by atoms with Crippen LogP contribution in [0.15, 0.2) is 8.94 Å². The SMILES string of the molecule is Cc1nc(C)c(-c2nc(CNC(C)C)no2)o1. The Bertz CT molecular complexity index is 501. The van der Waals surface area contributed by atoms with Crippen LogP contribution >= 0.6 is 0 Å². The van der Waals surface area contributed by atoms with Crippen LogP contribution in [0, 0.1) is 13.8 Å². The van der Waals surface area contributed by atoms with Crippen molar-refractivity contribution in [3.63, 3.8) is 0 Å². The summed E-state index contributed by atoms with van der Waals surface area (Å²) in [4.78, 5) is 8.41. The highest BCUT2D eigenvalue weighted by molar-refractivity contribution is 5.47. The molecule has 0 fully saturated rings. The second-order valence-electron chi connectivity index (χ2n) is 4.20. The molecule has 2 rings (SSSR count). The van der Waals surface area contributed by atoms with Crippen LogP contribution < -0.4 is 5.32 Å². The lowest BCUT2D eigenvalue weighted by Gasteiger charge is -2.02. The molecule has 0 aliphatic carbocycles. The van der Waals surface area contributed by atoms with Gasteiger partial charge in [-0.15, -0.1) is 0 Å². The highest BCUT2D eigenvalue weighted by Crippen LogP contribution is 2.22. The van der Waals surface area contributed by atoms with Crippen molar-refractivity contribution in [1.82, 2.24) is 20.4 Å². The summed E-state index contributed by atoms with van der Waals surface area (Å²) in [7, 11) is 0. The Morgan fingerprint density at radius 1 is 1.24 bits per heavy atom. The van der Waals surface area contributed by atoms with Gasteiger partial charge in [0.1, 0.15) is 0 Å². The third kappa shape index (κ3) is 2.71. The highest BCUT2D eigenvalue weighted by Gasteiger charge is 2.16. The fraction of sp³-hybridized carbons (Fsp3) is 0.545. The molecule has 0 radical (unpaired) electrons. The summed E-state index contributed by atoms with van der Waals surface area (Å²) in [6, 6.07) is 0.381. The van der Waals surface area contributed by atoms with E-state index in [2.05, 4.69) is 34.3 Å². The molecule has 0 aromatic carbocycles. The zero-order valence-electron chi connectivity index (χ0n) is 10.4. The van der Waals surface area contributed by atoms with E-state index in [1.54, 1.807) is 6.92 Å². The van der Waals surface area contributed by atoms with Crippen molar-refractivity contribution in [2.24, 2.45) is 0 Å². The Hall–Kier alpha value is -1.69. The van der Waals surface area contributed by atoms with Crippen LogP contribution in [-0.2, 0) is 6.54 Å². The average Bonchev–Trinajstić information content (AvgIpc) is 2.82. The van der Waals surface area contributed by atoms with Crippen molar-refractivity contribution in [3.8, 4) is 11.7 Å². The van der Waals surface area contributed by atoms with Gasteiger partial charge in [0, 0.05) is 13.0 Å². The fourth-order valence-corrected chi connectivity index (χ4v) is 1.44. The maximum Gasteiger partial charge on any atom is 0.295 e. The molecule has 0 spiro atoms. The molecular weight excluding hydrogens is 220 g/mol. The molecule has 0 unspecified atom stereocenters. The fourth-order valence-electron chi connectivity index (χ4n) is 1.44. The molecule has 0 bridgehead atoms. The van der Waals surface area contributed by atoms with Gasteiger partial charge in [-0.2, -0.15) is 4.98 Å². The molecule has 92 valence electrons. The minimum atomic E-state index is 0.378. The molecule has 0 atom stereocenters. The first kappa shape index (κ1) is 11.8. The predicted octanol–water partition coefficient (Wildman–Crippen LogP) is 1.84. The molecule has 1 N–H and O–H groups in total. The third-order valence-electron chi connectivity index (χ3n) is 2.23. The molecule has 0 saturated carbocycles. The van der Waals surface area contributed by atoms with Gasteiger partial charge in [-0.25, -0.2) is 4.98 Å². The van der Waals surface area contributed by atoms with E-state index >= 15 is 0 Å². The van der Waals surface area contributed by atoms with E-state index in [0.717, 1.165) is 5.69 Å². The lowest BCUT2D eigenvalue weighted by Crippen LogP contribution is -2.22. The van der Waals surface area contributed by atoms with Crippen molar-refractivity contribution < 1.29 is 8.94 Å². The van der Waals surface area contributed by atoms with Gasteiger partial charge in [0.25, 0.3) is 5.89 Å². The standard InChI is InChI=1S/C11H16N4O2/c1-6(2)12-5-9-14-11(17-15-9)10-7(3)13-8(4)16-10/h6,12H,5H2,1-4H3. The maximum absolute atomic E-state index is 5.41. The second kappa shape index (κ2) is 4.67. The number of hydrogen-bond acceptors (Lipinski definition) is 6. The zero-order valence-corrected chi connectivity index (χ0v) is 10.4. The topological polar surface area (TPSA) is 77.0 Å². The van der Waals surface area contributed by atoms with Crippen LogP contribution in [0.3, 0.4) is 0 Å². The van der Waals surface area contributed by atoms with E-state index in [1.165, 1.54) is 0 Å². The lowest BCUT2D eigenvalue weighted by molar-refractivity contribution is 0.402. The number of aryl methyl sites for hydroxylation is 2. The zero-order chi connectivity index (χ0) is 12.4. The summed E-state index contributed by atoms with van der Waals surface area (Å²) in [5.41, 5.74) is 0.759. The largest absolute Gasteiger partial charge is 0.436 e. The van der Waals surface area contributed by atoms with Crippen molar-refractivity contribution in [1.29, 1.82) is 0 Å². The van der Waals surface area contributed by atoms with Crippen molar-refractivity contribution in [3.05, 3.63) is 17.4 Å². The Morgan fingerprint density at radius 2 is 2.00 bits per heavy atom. The summed E-state index contributed by atoms with van der Waals surface area (Å²) in [6.45, 7) is 8.33. The molecule has 0 saturated heterocycles. The summed E-state index contributed by atoms with van der Waals surface area (Å²) in [6.07, 6.45) is 0. The average molecular weight is 236 g/mol. The van der Waals surface area contributed by atoms with E-state index in [1.807, 2.05) is 6.92 Å². The van der Waals surface area contributed by atoms with E-state index in [0.29, 0.717) is 36.0 Å². The van der Waals surface area contributed by atoms with Crippen LogP contribution in [0.1, 0.15) is 31.3 Å². The summed E-state index contributed by atoms with van der Waals surface area (Å²) in [5, 5.41) is 7.09. The van der Waals surface area contributed by atoms with Crippen LogP contribution in [0.5, 0.6) is 0 Å². The lowest BCUT2D eigenvalue weighted by atomic mass is 10.3. The molecular formula is C11H16N4O2. The molecule has 2 aromatic heterocycles. The first-order valence-electron chi connectivity index (χ1n) is 5.56. The van der Waals surface area contributed by atoms with Crippen LogP contribution in [0.25, 0.3) is 11.7 Å². The van der Waals surface area contributed by atoms with Crippen LogP contribution in [0.2, 0.25) is 0 Å². The first-order valence-corrected chi connectivity index (χ1v) is 5.56. The first-order chi connectivity index (χ1) is 8.06. The summed E-state index contributed by atoms with van der Waals surface area (Å²) < 4.78 is 10.6. The Balaban J connectivity index is 2.15. The third-order valence-corrected chi connectivity index (χ3v) is 2.23. The Kier molecular flexibility index (Phi) is 3.23. The number of hydrogen-bond donors (Lipinski definition) is 1. The molecule has 2 heterocycles. The van der Waals surface area contributed by atoms with E-state index in [4.69, 9.17) is 8.94 Å². The van der Waals surface area contributed by atoms with Crippen molar-refractivity contribution in [2.45, 2.75) is 40.3 Å². The maximum atomic E-state index is 5.41. The number of nitrogens with zero attached hydrogens (tertiary/aromatic N) is 3. The summed E-state index contributed by atoms with van der Waals surface area (Å²) >= 11 is 0. The van der Waals surface area contributed by atoms with Crippen molar-refractivity contribution in [2.75, 3.05) is 0 Å². The van der Waals surface area contributed by atoms with Crippen molar-refractivity contribution >= 4 is 0 Å². The van der Waals surface area contributed by atoms with Crippen LogP contribution in [-0.4, -0.2) is 21.2 Å². The second-order valence-corrected chi connectivity index (χ2v) is 4.20. The van der Waals surface area contributed by atoms with Gasteiger partial charge in [-0.05, 0) is 6.92 Å². The van der Waals surface area contributed by atoms with Gasteiger partial charge < -0.3 is 14.3 Å². The molecule has 0 amide bonds. The van der Waals surface area contributed by atoms with E-state index < -0.39 is 0 Å². The Labute approximate surface area is 99.4 Å². The smallest absolute Gasteiger partial charge is 0.295 e. The van der Waals surface area contributed by atoms with Gasteiger partial charge >= 0.3 is 0 Å². The van der Waals surface area contributed by atoms with E-state index in [9.17, 15) is 0 Å². The minimum Gasteiger partial charge on any atom is -0.436 e. The number of rotatable bonds is 4. The van der Waals surface area contributed by atoms with Crippen LogP contribution in [0.4, 0.5) is 0 Å². The molecule has 6 heteroatoms. The predicted molar refractivity (Wildman–Crippen MR) is 61.2 cm³/mol. The number of aromatic nitrogens is 3.